The summed E-state index contributed by atoms with van der Waals surface area (Å²) in [5.74, 6) is -1.69. The lowest BCUT2D eigenvalue weighted by molar-refractivity contribution is -0.0886. The smallest absolute Gasteiger partial charge is 0.284 e. The molecule has 0 aliphatic rings. The molecule has 1 aromatic rings. The van der Waals surface area contributed by atoms with Crippen LogP contribution in [0.25, 0.3) is 0 Å². The number of unbranched alkanes of at least 4 members (excludes halogenated alkanes) is 5. The van der Waals surface area contributed by atoms with Crippen molar-refractivity contribution in [2.45, 2.75) is 83.7 Å². The molecule has 0 aliphatic carbocycles. The molecule has 1 atom stereocenters. The summed E-state index contributed by atoms with van der Waals surface area (Å²) < 4.78 is 38.5. The topological polar surface area (TPSA) is 17.1 Å². The zero-order valence-electron chi connectivity index (χ0n) is 14.8. The van der Waals surface area contributed by atoms with E-state index in [1.54, 1.807) is 12.1 Å². The first-order valence-electron chi connectivity index (χ1n) is 9.12. The molecule has 0 aliphatic heterocycles. The van der Waals surface area contributed by atoms with Gasteiger partial charge >= 0.3 is 6.18 Å². The fourth-order valence-corrected chi connectivity index (χ4v) is 3.19. The number of ketones is 1. The molecule has 0 saturated heterocycles. The zero-order valence-corrected chi connectivity index (χ0v) is 14.8. The predicted octanol–water partition coefficient (Wildman–Crippen LogP) is 7.07. The Labute approximate surface area is 143 Å². The number of hydrogen-bond acceptors (Lipinski definition) is 1. The van der Waals surface area contributed by atoms with Crippen molar-refractivity contribution >= 4 is 5.78 Å². The summed E-state index contributed by atoms with van der Waals surface area (Å²) in [4.78, 5) is 11.7. The molecule has 0 aromatic heterocycles. The fourth-order valence-electron chi connectivity index (χ4n) is 3.19. The molecule has 0 saturated carbocycles. The Kier molecular flexibility index (Phi) is 9.09. The third-order valence-corrected chi connectivity index (χ3v) is 4.45. The maximum absolute atomic E-state index is 12.8. The maximum atomic E-state index is 12.8. The van der Waals surface area contributed by atoms with E-state index in [0.717, 1.165) is 32.1 Å². The Balaban J connectivity index is 2.79. The van der Waals surface area contributed by atoms with E-state index in [2.05, 4.69) is 6.92 Å². The molecule has 0 bridgehead atoms. The third-order valence-electron chi connectivity index (χ3n) is 4.45. The average Bonchev–Trinajstić information content (AvgIpc) is 2.55. The van der Waals surface area contributed by atoms with Gasteiger partial charge in [0.15, 0.2) is 0 Å². The highest BCUT2D eigenvalue weighted by atomic mass is 19.4. The summed E-state index contributed by atoms with van der Waals surface area (Å²) in [6.45, 7) is 4.20. The number of benzene rings is 1. The quantitative estimate of drug-likeness (QED) is 0.310. The van der Waals surface area contributed by atoms with Gasteiger partial charge in [-0.1, -0.05) is 83.1 Å². The van der Waals surface area contributed by atoms with Crippen LogP contribution in [0.4, 0.5) is 13.2 Å². The van der Waals surface area contributed by atoms with Crippen LogP contribution in [-0.4, -0.2) is 12.0 Å². The van der Waals surface area contributed by atoms with Crippen molar-refractivity contribution < 1.29 is 18.0 Å². The second-order valence-electron chi connectivity index (χ2n) is 6.46. The van der Waals surface area contributed by atoms with E-state index in [0.29, 0.717) is 5.56 Å². The molecule has 136 valence electrons. The molecule has 1 nitrogen and oxygen atoms in total. The van der Waals surface area contributed by atoms with Crippen LogP contribution in [0.15, 0.2) is 24.3 Å². The summed E-state index contributed by atoms with van der Waals surface area (Å²) in [5.41, 5.74) is 0.393. The zero-order chi connectivity index (χ0) is 18.0. The molecule has 1 aromatic carbocycles. The van der Waals surface area contributed by atoms with Gasteiger partial charge < -0.3 is 0 Å². The molecule has 1 rings (SSSR count). The van der Waals surface area contributed by atoms with Crippen LogP contribution < -0.4 is 0 Å². The summed E-state index contributed by atoms with van der Waals surface area (Å²) in [5, 5.41) is 0. The van der Waals surface area contributed by atoms with Gasteiger partial charge in [-0.2, -0.15) is 13.2 Å². The van der Waals surface area contributed by atoms with Crippen LogP contribution in [0.2, 0.25) is 0 Å². The number of halogens is 3. The van der Waals surface area contributed by atoms with Crippen molar-refractivity contribution in [1.82, 2.24) is 0 Å². The van der Waals surface area contributed by atoms with E-state index >= 15 is 0 Å². The summed E-state index contributed by atoms with van der Waals surface area (Å²) >= 11 is 0. The Bertz CT molecular complexity index is 494. The summed E-state index contributed by atoms with van der Waals surface area (Å²) in [6, 6.07) is 6.24. The van der Waals surface area contributed by atoms with Crippen LogP contribution in [0.1, 0.15) is 93.5 Å². The first kappa shape index (κ1) is 20.7. The van der Waals surface area contributed by atoms with Gasteiger partial charge in [-0.3, -0.25) is 4.79 Å². The third kappa shape index (κ3) is 6.66. The van der Waals surface area contributed by atoms with Gasteiger partial charge in [0.05, 0.1) is 0 Å². The highest BCUT2D eigenvalue weighted by Gasteiger charge is 2.40. The Morgan fingerprint density at radius 1 is 0.917 bits per heavy atom. The van der Waals surface area contributed by atoms with Crippen LogP contribution in [0.3, 0.4) is 0 Å². The van der Waals surface area contributed by atoms with Crippen molar-refractivity contribution in [3.8, 4) is 0 Å². The molecule has 0 radical (unpaired) electrons. The Morgan fingerprint density at radius 2 is 1.54 bits per heavy atom. The lowest BCUT2D eigenvalue weighted by atomic mass is 9.85. The van der Waals surface area contributed by atoms with Crippen LogP contribution in [0, 0.1) is 0 Å². The molecular weight excluding hydrogens is 313 g/mol. The standard InChI is InChI=1S/C20H29F3O/c1-3-5-6-7-8-9-13-16(12-4-2)17-14-10-11-15-18(17)19(24)20(21,22)23/h10-11,14-16H,3-9,12-13H2,1-2H3. The fraction of sp³-hybridized carbons (Fsp3) is 0.650. The Morgan fingerprint density at radius 3 is 2.17 bits per heavy atom. The number of carbonyl (C=O) groups is 1. The number of alkyl halides is 3. The van der Waals surface area contributed by atoms with E-state index in [9.17, 15) is 18.0 Å². The number of hydrogen-bond donors (Lipinski definition) is 0. The summed E-state index contributed by atoms with van der Waals surface area (Å²) in [7, 11) is 0. The van der Waals surface area contributed by atoms with E-state index in [4.69, 9.17) is 0 Å². The van der Waals surface area contributed by atoms with Gasteiger partial charge in [0.25, 0.3) is 5.78 Å². The minimum atomic E-state index is -4.81. The van der Waals surface area contributed by atoms with Gasteiger partial charge in [0, 0.05) is 5.56 Å². The number of carbonyl (C=O) groups excluding carboxylic acids is 1. The van der Waals surface area contributed by atoms with E-state index in [1.165, 1.54) is 37.8 Å². The molecule has 0 heterocycles. The maximum Gasteiger partial charge on any atom is 0.454 e. The highest BCUT2D eigenvalue weighted by Crippen LogP contribution is 2.33. The van der Waals surface area contributed by atoms with Crippen molar-refractivity contribution in [2.75, 3.05) is 0 Å². The SMILES string of the molecule is CCCCCCCCC(CCC)c1ccccc1C(=O)C(F)(F)F. The summed E-state index contributed by atoms with van der Waals surface area (Å²) in [6.07, 6.45) is 4.69. The van der Waals surface area contributed by atoms with Crippen LogP contribution >= 0.6 is 0 Å². The lowest BCUT2D eigenvalue weighted by Crippen LogP contribution is -2.24. The van der Waals surface area contributed by atoms with Crippen molar-refractivity contribution in [2.24, 2.45) is 0 Å². The average molecular weight is 342 g/mol. The molecule has 4 heteroatoms. The van der Waals surface area contributed by atoms with Gasteiger partial charge in [0.1, 0.15) is 0 Å². The van der Waals surface area contributed by atoms with Gasteiger partial charge in [-0.25, -0.2) is 0 Å². The first-order chi connectivity index (χ1) is 11.4. The highest BCUT2D eigenvalue weighted by molar-refractivity contribution is 6.01. The molecule has 0 fully saturated rings. The van der Waals surface area contributed by atoms with Gasteiger partial charge in [-0.15, -0.1) is 0 Å². The second-order valence-corrected chi connectivity index (χ2v) is 6.46. The predicted molar refractivity (Wildman–Crippen MR) is 92.5 cm³/mol. The molecule has 0 spiro atoms. The molecular formula is C20H29F3O. The van der Waals surface area contributed by atoms with Crippen molar-refractivity contribution in [3.63, 3.8) is 0 Å². The van der Waals surface area contributed by atoms with E-state index in [1.807, 2.05) is 6.92 Å². The second kappa shape index (κ2) is 10.5. The minimum Gasteiger partial charge on any atom is -0.284 e. The van der Waals surface area contributed by atoms with E-state index < -0.39 is 12.0 Å². The van der Waals surface area contributed by atoms with Crippen molar-refractivity contribution in [1.29, 1.82) is 0 Å². The van der Waals surface area contributed by atoms with Gasteiger partial charge in [-0.05, 0) is 24.3 Å². The largest absolute Gasteiger partial charge is 0.454 e. The van der Waals surface area contributed by atoms with Crippen molar-refractivity contribution in [3.05, 3.63) is 35.4 Å². The van der Waals surface area contributed by atoms with Gasteiger partial charge in [0.2, 0.25) is 0 Å². The molecule has 24 heavy (non-hydrogen) atoms. The van der Waals surface area contributed by atoms with Crippen LogP contribution in [0.5, 0.6) is 0 Å². The van der Waals surface area contributed by atoms with E-state index in [-0.39, 0.29) is 11.5 Å². The lowest BCUT2D eigenvalue weighted by Gasteiger charge is -2.20. The minimum absolute atomic E-state index is 0.0312. The van der Waals surface area contributed by atoms with Crippen LogP contribution in [-0.2, 0) is 0 Å². The molecule has 1 unspecified atom stereocenters. The monoisotopic (exact) mass is 342 g/mol. The molecule has 0 amide bonds. The normalized spacial score (nSPS) is 13.0. The Hall–Kier alpha value is -1.32. The molecule has 0 N–H and O–H groups in total. The number of rotatable bonds is 11. The number of Topliss-reactive ketones (excluding diaryl/α,β-unsaturated/α-hetero) is 1. The first-order valence-corrected chi connectivity index (χ1v) is 9.12.